The predicted molar refractivity (Wildman–Crippen MR) is 120 cm³/mol. The normalized spacial score (nSPS) is 14.0. The second-order valence-corrected chi connectivity index (χ2v) is 7.51. The molecule has 2 aromatic carbocycles. The first-order chi connectivity index (χ1) is 15.6. The molecule has 1 saturated heterocycles. The molecular formula is C24H22N4O4. The van der Waals surface area contributed by atoms with Crippen LogP contribution in [0, 0.1) is 0 Å². The number of carbonyl (C=O) groups excluding carboxylic acids is 1. The van der Waals surface area contributed by atoms with Crippen LogP contribution in [-0.4, -0.2) is 64.3 Å². The van der Waals surface area contributed by atoms with Crippen molar-refractivity contribution in [3.05, 3.63) is 60.3 Å². The average molecular weight is 430 g/mol. The number of aromatic hydroxyl groups is 1. The maximum absolute atomic E-state index is 12.8. The molecule has 8 nitrogen and oxygen atoms in total. The molecule has 0 atom stereocenters. The minimum atomic E-state index is -0.0279. The van der Waals surface area contributed by atoms with Crippen LogP contribution in [0.15, 0.2) is 54.7 Å². The Bertz CT molecular complexity index is 1290. The van der Waals surface area contributed by atoms with Gasteiger partial charge in [-0.25, -0.2) is 9.97 Å². The average Bonchev–Trinajstić information content (AvgIpc) is 3.27. The highest BCUT2D eigenvalue weighted by Gasteiger charge is 2.20. The van der Waals surface area contributed by atoms with Crippen molar-refractivity contribution in [1.82, 2.24) is 19.9 Å². The van der Waals surface area contributed by atoms with Crippen molar-refractivity contribution in [3.8, 4) is 34.1 Å². The zero-order valence-corrected chi connectivity index (χ0v) is 17.5. The van der Waals surface area contributed by atoms with Crippen molar-refractivity contribution in [2.75, 3.05) is 33.4 Å². The number of phenols is 1. The van der Waals surface area contributed by atoms with Gasteiger partial charge >= 0.3 is 0 Å². The summed E-state index contributed by atoms with van der Waals surface area (Å²) in [5.41, 5.74) is 4.22. The highest BCUT2D eigenvalue weighted by atomic mass is 16.5. The van der Waals surface area contributed by atoms with Crippen LogP contribution in [0.2, 0.25) is 0 Å². The zero-order chi connectivity index (χ0) is 22.1. The number of ether oxygens (including phenoxy) is 2. The second kappa shape index (κ2) is 8.32. The molecule has 1 aliphatic rings. The lowest BCUT2D eigenvalue weighted by atomic mass is 10.0. The molecular weight excluding hydrogens is 408 g/mol. The van der Waals surface area contributed by atoms with Gasteiger partial charge in [-0.3, -0.25) is 4.79 Å². The number of benzene rings is 2. The largest absolute Gasteiger partial charge is 0.507 e. The minimum Gasteiger partial charge on any atom is -0.507 e. The van der Waals surface area contributed by atoms with Gasteiger partial charge in [0.2, 0.25) is 5.88 Å². The number of pyridine rings is 1. The number of rotatable bonds is 4. The zero-order valence-electron chi connectivity index (χ0n) is 17.5. The lowest BCUT2D eigenvalue weighted by Gasteiger charge is -2.26. The quantitative estimate of drug-likeness (QED) is 0.514. The molecule has 0 saturated carbocycles. The Balaban J connectivity index is 1.51. The number of H-pyrrole nitrogens is 1. The number of hydrogen-bond acceptors (Lipinski definition) is 6. The van der Waals surface area contributed by atoms with E-state index in [4.69, 9.17) is 9.47 Å². The van der Waals surface area contributed by atoms with E-state index in [9.17, 15) is 9.90 Å². The van der Waals surface area contributed by atoms with Crippen molar-refractivity contribution in [1.29, 1.82) is 0 Å². The van der Waals surface area contributed by atoms with Gasteiger partial charge in [-0.2, -0.15) is 0 Å². The van der Waals surface area contributed by atoms with E-state index in [1.54, 1.807) is 42.5 Å². The standard InChI is InChI=1S/C24H22N4O4/c1-31-23-17(3-2-8-25-23)15-5-7-21(29)18(13-15)22-26-19-6-4-16(14-20(19)27-22)24(30)28-9-11-32-12-10-28/h2-8,13-14,29H,9-12H2,1H3,(H,26,27). The number of aromatic nitrogens is 3. The van der Waals surface area contributed by atoms with Gasteiger partial charge in [0.05, 0.1) is 36.9 Å². The SMILES string of the molecule is COc1ncccc1-c1ccc(O)c(-c2nc3ccc(C(=O)N4CCOCC4)cc3[nH]2)c1. The van der Waals surface area contributed by atoms with Crippen LogP contribution in [0.4, 0.5) is 0 Å². The van der Waals surface area contributed by atoms with Crippen molar-refractivity contribution in [2.24, 2.45) is 0 Å². The fourth-order valence-corrected chi connectivity index (χ4v) is 3.89. The number of morpholine rings is 1. The van der Waals surface area contributed by atoms with Crippen LogP contribution >= 0.6 is 0 Å². The summed E-state index contributed by atoms with van der Waals surface area (Å²) in [6.07, 6.45) is 1.67. The molecule has 3 heterocycles. The third-order valence-electron chi connectivity index (χ3n) is 5.55. The first-order valence-electron chi connectivity index (χ1n) is 10.3. The van der Waals surface area contributed by atoms with E-state index in [1.165, 1.54) is 0 Å². The predicted octanol–water partition coefficient (Wildman–Crippen LogP) is 3.48. The number of carbonyl (C=O) groups is 1. The molecule has 5 rings (SSSR count). The maximum atomic E-state index is 12.8. The molecule has 8 heteroatoms. The number of phenolic OH excluding ortho intramolecular Hbond substituents is 1. The van der Waals surface area contributed by atoms with Crippen molar-refractivity contribution < 1.29 is 19.4 Å². The highest BCUT2D eigenvalue weighted by molar-refractivity contribution is 5.98. The third kappa shape index (κ3) is 3.65. The van der Waals surface area contributed by atoms with Crippen LogP contribution in [0.1, 0.15) is 10.4 Å². The topological polar surface area (TPSA) is 101 Å². The molecule has 0 radical (unpaired) electrons. The van der Waals surface area contributed by atoms with E-state index in [0.717, 1.165) is 16.6 Å². The fourth-order valence-electron chi connectivity index (χ4n) is 3.89. The minimum absolute atomic E-state index is 0.0279. The number of aromatic amines is 1. The van der Waals surface area contributed by atoms with Gasteiger partial charge in [0.1, 0.15) is 11.6 Å². The van der Waals surface area contributed by atoms with E-state index >= 15 is 0 Å². The first-order valence-corrected chi connectivity index (χ1v) is 10.3. The van der Waals surface area contributed by atoms with E-state index in [2.05, 4.69) is 15.0 Å². The summed E-state index contributed by atoms with van der Waals surface area (Å²) in [6, 6.07) is 14.4. The Labute approximate surface area is 184 Å². The molecule has 0 aliphatic carbocycles. The van der Waals surface area contributed by atoms with Gasteiger partial charge in [0.25, 0.3) is 5.91 Å². The Hall–Kier alpha value is -3.91. The number of methoxy groups -OCH3 is 1. The Kier molecular flexibility index (Phi) is 5.20. The molecule has 1 fully saturated rings. The Morgan fingerprint density at radius 2 is 1.97 bits per heavy atom. The first kappa shape index (κ1) is 20.0. The molecule has 4 aromatic rings. The van der Waals surface area contributed by atoms with Gasteiger partial charge < -0.3 is 24.5 Å². The lowest BCUT2D eigenvalue weighted by molar-refractivity contribution is 0.0303. The Morgan fingerprint density at radius 3 is 2.78 bits per heavy atom. The number of hydrogen-bond donors (Lipinski definition) is 2. The van der Waals surface area contributed by atoms with Crippen LogP contribution in [0.3, 0.4) is 0 Å². The summed E-state index contributed by atoms with van der Waals surface area (Å²) in [5, 5.41) is 10.5. The Morgan fingerprint density at radius 1 is 1.12 bits per heavy atom. The molecule has 0 bridgehead atoms. The van der Waals surface area contributed by atoms with Gasteiger partial charge in [-0.1, -0.05) is 6.07 Å². The number of nitrogens with zero attached hydrogens (tertiary/aromatic N) is 3. The number of imidazole rings is 1. The molecule has 1 amide bonds. The van der Waals surface area contributed by atoms with E-state index < -0.39 is 0 Å². The molecule has 2 aromatic heterocycles. The summed E-state index contributed by atoms with van der Waals surface area (Å²) < 4.78 is 10.7. The lowest BCUT2D eigenvalue weighted by Crippen LogP contribution is -2.40. The van der Waals surface area contributed by atoms with Crippen LogP contribution < -0.4 is 4.74 Å². The van der Waals surface area contributed by atoms with Gasteiger partial charge in [-0.15, -0.1) is 0 Å². The monoisotopic (exact) mass is 430 g/mol. The molecule has 2 N–H and O–H groups in total. The molecule has 0 spiro atoms. The van der Waals surface area contributed by atoms with Gasteiger partial charge in [0.15, 0.2) is 0 Å². The summed E-state index contributed by atoms with van der Waals surface area (Å²) in [6.45, 7) is 2.28. The smallest absolute Gasteiger partial charge is 0.254 e. The van der Waals surface area contributed by atoms with Gasteiger partial charge in [-0.05, 0) is 48.0 Å². The van der Waals surface area contributed by atoms with Crippen molar-refractivity contribution in [3.63, 3.8) is 0 Å². The molecule has 1 aliphatic heterocycles. The van der Waals surface area contributed by atoms with E-state index in [1.807, 2.05) is 24.3 Å². The number of fused-ring (bicyclic) bond motifs is 1. The second-order valence-electron chi connectivity index (χ2n) is 7.51. The third-order valence-corrected chi connectivity index (χ3v) is 5.55. The number of amides is 1. The summed E-state index contributed by atoms with van der Waals surface area (Å²) in [4.78, 5) is 26.7. The molecule has 162 valence electrons. The highest BCUT2D eigenvalue weighted by Crippen LogP contribution is 2.35. The van der Waals surface area contributed by atoms with Crippen LogP contribution in [-0.2, 0) is 4.74 Å². The van der Waals surface area contributed by atoms with Crippen molar-refractivity contribution in [2.45, 2.75) is 0 Å². The van der Waals surface area contributed by atoms with E-state index in [0.29, 0.717) is 54.7 Å². The van der Waals surface area contributed by atoms with Gasteiger partial charge in [0, 0.05) is 30.4 Å². The van der Waals surface area contributed by atoms with Crippen LogP contribution in [0.25, 0.3) is 33.5 Å². The summed E-state index contributed by atoms with van der Waals surface area (Å²) in [7, 11) is 1.57. The molecule has 0 unspecified atom stereocenters. The molecule has 32 heavy (non-hydrogen) atoms. The fraction of sp³-hybridized carbons (Fsp3) is 0.208. The number of nitrogens with one attached hydrogen (secondary N) is 1. The van der Waals surface area contributed by atoms with Crippen molar-refractivity contribution >= 4 is 16.9 Å². The summed E-state index contributed by atoms with van der Waals surface area (Å²) >= 11 is 0. The summed E-state index contributed by atoms with van der Waals surface area (Å²) in [5.74, 6) is 1.08. The van der Waals surface area contributed by atoms with E-state index in [-0.39, 0.29) is 11.7 Å². The van der Waals surface area contributed by atoms with Crippen LogP contribution in [0.5, 0.6) is 11.6 Å². The maximum Gasteiger partial charge on any atom is 0.254 e.